The number of furan rings is 2. The molecule has 0 aliphatic carbocycles. The number of aromatic nitrogens is 2. The fraction of sp³-hybridized carbons (Fsp3) is 0.0667. The molecule has 0 saturated carbocycles. The van der Waals surface area contributed by atoms with Gasteiger partial charge in [0, 0.05) is 20.8 Å². The molecule has 0 radical (unpaired) electrons. The zero-order valence-electron chi connectivity index (χ0n) is 19.3. The number of carbonyl (C=O) groups excluding carboxylic acids is 1. The van der Waals surface area contributed by atoms with Crippen LogP contribution in [0.3, 0.4) is 0 Å². The lowest BCUT2D eigenvalue weighted by atomic mass is 10.1. The Morgan fingerprint density at radius 2 is 1.47 bits per heavy atom. The molecule has 0 aliphatic heterocycles. The fourth-order valence-electron chi connectivity index (χ4n) is 4.28. The van der Waals surface area contributed by atoms with Crippen molar-refractivity contribution in [3.63, 3.8) is 0 Å². The van der Waals surface area contributed by atoms with E-state index in [-0.39, 0.29) is 12.3 Å². The molecule has 0 N–H and O–H groups in total. The number of ketones is 1. The van der Waals surface area contributed by atoms with Gasteiger partial charge in [0.05, 0.1) is 5.57 Å². The Bertz CT molecular complexity index is 1580. The van der Waals surface area contributed by atoms with Gasteiger partial charge in [-0.2, -0.15) is 0 Å². The molecule has 0 aliphatic rings. The largest absolute Gasteiger partial charge is 0.456 e. The second-order valence-electron chi connectivity index (χ2n) is 8.63. The molecule has 0 saturated heterocycles. The van der Waals surface area contributed by atoms with E-state index in [0.717, 1.165) is 43.5 Å². The van der Waals surface area contributed by atoms with Crippen molar-refractivity contribution in [3.8, 4) is 0 Å². The minimum Gasteiger partial charge on any atom is -0.456 e. The van der Waals surface area contributed by atoms with Crippen molar-refractivity contribution in [2.75, 3.05) is 0 Å². The predicted molar refractivity (Wildman–Crippen MR) is 143 cm³/mol. The van der Waals surface area contributed by atoms with Gasteiger partial charge in [-0.25, -0.2) is 9.13 Å². The molecule has 6 heteroatoms. The third-order valence-corrected chi connectivity index (χ3v) is 6.66. The molecule has 5 nitrogen and oxygen atoms in total. The van der Waals surface area contributed by atoms with Crippen LogP contribution >= 0.6 is 15.9 Å². The standard InChI is InChI=1S/C30H22BrN2O3/c31-24-11-9-21(10-12-24)26(34)19-33-16-15-32(20-33)14-13-25(29-17-22-5-1-3-7-27(22)35-29)30-18-23-6-2-4-8-28(23)36-30/h1-13,15-18,20H,14,19H2/q+1. The molecule has 6 rings (SSSR count). The van der Waals surface area contributed by atoms with Gasteiger partial charge >= 0.3 is 0 Å². The molecular weight excluding hydrogens is 516 g/mol. The van der Waals surface area contributed by atoms with Crippen molar-refractivity contribution >= 4 is 49.2 Å². The highest BCUT2D eigenvalue weighted by Crippen LogP contribution is 2.32. The van der Waals surface area contributed by atoms with Crippen molar-refractivity contribution < 1.29 is 18.2 Å². The summed E-state index contributed by atoms with van der Waals surface area (Å²) in [5.41, 5.74) is 3.24. The summed E-state index contributed by atoms with van der Waals surface area (Å²) in [7, 11) is 0. The highest BCUT2D eigenvalue weighted by molar-refractivity contribution is 9.10. The lowest BCUT2D eigenvalue weighted by Gasteiger charge is -2.01. The number of allylic oxidation sites excluding steroid dienone is 1. The molecule has 36 heavy (non-hydrogen) atoms. The average molecular weight is 538 g/mol. The fourth-order valence-corrected chi connectivity index (χ4v) is 4.55. The van der Waals surface area contributed by atoms with E-state index < -0.39 is 0 Å². The number of hydrogen-bond acceptors (Lipinski definition) is 3. The Balaban J connectivity index is 1.29. The van der Waals surface area contributed by atoms with Gasteiger partial charge in [0.1, 0.15) is 41.6 Å². The maximum atomic E-state index is 12.7. The lowest BCUT2D eigenvalue weighted by molar-refractivity contribution is -0.682. The normalized spacial score (nSPS) is 11.2. The number of fused-ring (bicyclic) bond motifs is 2. The van der Waals surface area contributed by atoms with Crippen molar-refractivity contribution in [1.29, 1.82) is 0 Å². The number of carbonyl (C=O) groups is 1. The van der Waals surface area contributed by atoms with Crippen LogP contribution in [0.4, 0.5) is 0 Å². The molecule has 0 unspecified atom stereocenters. The number of hydrogen-bond donors (Lipinski definition) is 0. The van der Waals surface area contributed by atoms with Crippen LogP contribution in [0.5, 0.6) is 0 Å². The van der Waals surface area contributed by atoms with Crippen molar-refractivity contribution in [2.24, 2.45) is 0 Å². The smallest absolute Gasteiger partial charge is 0.244 e. The van der Waals surface area contributed by atoms with Crippen molar-refractivity contribution in [1.82, 2.24) is 4.57 Å². The summed E-state index contributed by atoms with van der Waals surface area (Å²) < 4.78 is 17.3. The molecule has 3 aromatic heterocycles. The Kier molecular flexibility index (Phi) is 5.87. The molecule has 0 bridgehead atoms. The van der Waals surface area contributed by atoms with Gasteiger partial charge in [0.15, 0.2) is 6.54 Å². The minimum absolute atomic E-state index is 0.0611. The maximum absolute atomic E-state index is 12.7. The van der Waals surface area contributed by atoms with Crippen LogP contribution in [0.1, 0.15) is 21.9 Å². The Labute approximate surface area is 216 Å². The van der Waals surface area contributed by atoms with Crippen LogP contribution in [0.2, 0.25) is 0 Å². The van der Waals surface area contributed by atoms with Crippen LogP contribution in [-0.4, -0.2) is 10.4 Å². The highest BCUT2D eigenvalue weighted by Gasteiger charge is 2.17. The van der Waals surface area contributed by atoms with Crippen LogP contribution in [-0.2, 0) is 13.1 Å². The summed E-state index contributed by atoms with van der Waals surface area (Å²) in [6, 6.07) is 27.5. The number of Topliss-reactive ketones (excluding diaryl/α,β-unsaturated/α-hetero) is 1. The van der Waals surface area contributed by atoms with Crippen LogP contribution in [0.15, 0.2) is 123 Å². The van der Waals surface area contributed by atoms with Crippen molar-refractivity contribution in [2.45, 2.75) is 13.1 Å². The Morgan fingerprint density at radius 3 is 2.08 bits per heavy atom. The number of benzene rings is 3. The van der Waals surface area contributed by atoms with Gasteiger partial charge in [-0.15, -0.1) is 0 Å². The molecule has 0 amide bonds. The first-order chi connectivity index (χ1) is 17.6. The molecule has 3 heterocycles. The van der Waals surface area contributed by atoms with Gasteiger partial charge in [-0.3, -0.25) is 4.79 Å². The molecular formula is C30H22BrN2O3+. The number of nitrogens with zero attached hydrogens (tertiary/aromatic N) is 2. The number of para-hydroxylation sites is 2. The lowest BCUT2D eigenvalue weighted by Crippen LogP contribution is -2.35. The maximum Gasteiger partial charge on any atom is 0.244 e. The predicted octanol–water partition coefficient (Wildman–Crippen LogP) is 7.05. The van der Waals surface area contributed by atoms with E-state index in [2.05, 4.69) is 22.0 Å². The highest BCUT2D eigenvalue weighted by atomic mass is 79.9. The van der Waals surface area contributed by atoms with E-state index in [0.29, 0.717) is 12.1 Å². The van der Waals surface area contributed by atoms with Gasteiger partial charge < -0.3 is 8.83 Å². The monoisotopic (exact) mass is 537 g/mol. The van der Waals surface area contributed by atoms with Gasteiger partial charge in [-0.05, 0) is 42.5 Å². The Morgan fingerprint density at radius 1 is 0.861 bits per heavy atom. The third kappa shape index (κ3) is 4.55. The summed E-state index contributed by atoms with van der Waals surface area (Å²) in [6.07, 6.45) is 7.89. The Hall–Kier alpha value is -4.16. The number of halogens is 1. The SMILES string of the molecule is O=C(C[n+]1ccn(CC=C(c2cc3ccccc3o2)c2cc3ccccc3o2)c1)c1ccc(Br)cc1. The van der Waals surface area contributed by atoms with E-state index in [1.807, 2.05) is 113 Å². The van der Waals surface area contributed by atoms with E-state index >= 15 is 0 Å². The average Bonchev–Trinajstić information content (AvgIpc) is 3.62. The van der Waals surface area contributed by atoms with Gasteiger partial charge in [-0.1, -0.05) is 64.5 Å². The van der Waals surface area contributed by atoms with Crippen LogP contribution in [0, 0.1) is 0 Å². The quantitative estimate of drug-likeness (QED) is 0.162. The molecule has 3 aromatic carbocycles. The van der Waals surface area contributed by atoms with Crippen LogP contribution in [0.25, 0.3) is 27.5 Å². The first-order valence-corrected chi connectivity index (χ1v) is 12.4. The molecule has 0 atom stereocenters. The van der Waals surface area contributed by atoms with E-state index in [1.165, 1.54) is 0 Å². The van der Waals surface area contributed by atoms with Gasteiger partial charge in [0.25, 0.3) is 0 Å². The summed E-state index contributed by atoms with van der Waals surface area (Å²) in [5, 5.41) is 2.08. The number of imidazole rings is 1. The minimum atomic E-state index is 0.0611. The topological polar surface area (TPSA) is 52.2 Å². The number of rotatable bonds is 7. The zero-order chi connectivity index (χ0) is 24.5. The first-order valence-electron chi connectivity index (χ1n) is 11.6. The zero-order valence-corrected chi connectivity index (χ0v) is 20.9. The summed E-state index contributed by atoms with van der Waals surface area (Å²) in [6.45, 7) is 0.862. The van der Waals surface area contributed by atoms with Crippen LogP contribution < -0.4 is 4.57 Å². The molecule has 176 valence electrons. The van der Waals surface area contributed by atoms with E-state index in [9.17, 15) is 4.79 Å². The molecule has 6 aromatic rings. The molecule has 0 fully saturated rings. The summed E-state index contributed by atoms with van der Waals surface area (Å²) in [5.74, 6) is 1.56. The third-order valence-electron chi connectivity index (χ3n) is 6.13. The summed E-state index contributed by atoms with van der Waals surface area (Å²) >= 11 is 3.41. The van der Waals surface area contributed by atoms with E-state index in [4.69, 9.17) is 8.83 Å². The second-order valence-corrected chi connectivity index (χ2v) is 9.54. The van der Waals surface area contributed by atoms with Gasteiger partial charge in [0.2, 0.25) is 12.1 Å². The van der Waals surface area contributed by atoms with E-state index in [1.54, 1.807) is 0 Å². The second kappa shape index (κ2) is 9.47. The first kappa shape index (κ1) is 22.3. The summed E-state index contributed by atoms with van der Waals surface area (Å²) in [4.78, 5) is 12.7. The van der Waals surface area contributed by atoms with Crippen molar-refractivity contribution in [3.05, 3.63) is 131 Å². The molecule has 0 spiro atoms.